The molecule has 0 atom stereocenters. The van der Waals surface area contributed by atoms with Crippen LogP contribution in [0.25, 0.3) is 0 Å². The van der Waals surface area contributed by atoms with Gasteiger partial charge in [0.1, 0.15) is 11.9 Å². The van der Waals surface area contributed by atoms with Crippen molar-refractivity contribution in [1.82, 2.24) is 0 Å². The molecule has 0 heterocycles. The van der Waals surface area contributed by atoms with Crippen molar-refractivity contribution in [3.05, 3.63) is 29.8 Å². The van der Waals surface area contributed by atoms with Crippen LogP contribution in [0.3, 0.4) is 0 Å². The third kappa shape index (κ3) is 6.81. The fourth-order valence-corrected chi connectivity index (χ4v) is 3.53. The molecule has 0 N–H and O–H groups in total. The summed E-state index contributed by atoms with van der Waals surface area (Å²) < 4.78 is 10.9. The Labute approximate surface area is 157 Å². The zero-order valence-electron chi connectivity index (χ0n) is 16.2. The molecule has 0 radical (unpaired) electrons. The summed E-state index contributed by atoms with van der Waals surface area (Å²) in [7, 11) is 0. The minimum atomic E-state index is -0.287. The Morgan fingerprint density at radius 2 is 1.65 bits per heavy atom. The van der Waals surface area contributed by atoms with Gasteiger partial charge >= 0.3 is 11.9 Å². The standard InChI is InChI=1S/C22H32O4/c1-3-5-6-8-21(23)25-19-15-11-18(12-16-19)22(24)26-20-13-9-17(7-4-2)10-14-20/h11-12,15-17,20H,3-10,13-14H2,1-2H3/t17-,20-. The van der Waals surface area contributed by atoms with Gasteiger partial charge in [-0.15, -0.1) is 0 Å². The highest BCUT2D eigenvalue weighted by molar-refractivity contribution is 5.89. The first-order valence-corrected chi connectivity index (χ1v) is 10.1. The van der Waals surface area contributed by atoms with Gasteiger partial charge in [-0.25, -0.2) is 4.79 Å². The number of hydrogen-bond donors (Lipinski definition) is 0. The van der Waals surface area contributed by atoms with E-state index in [1.807, 2.05) is 0 Å². The van der Waals surface area contributed by atoms with E-state index in [0.29, 0.717) is 17.7 Å². The number of ether oxygens (including phenoxy) is 2. The molecule has 0 unspecified atom stereocenters. The Morgan fingerprint density at radius 3 is 2.27 bits per heavy atom. The van der Waals surface area contributed by atoms with Crippen molar-refractivity contribution >= 4 is 11.9 Å². The second-order valence-corrected chi connectivity index (χ2v) is 7.29. The number of unbranched alkanes of at least 4 members (excludes halogenated alkanes) is 2. The van der Waals surface area contributed by atoms with Gasteiger partial charge in [-0.1, -0.05) is 39.5 Å². The summed E-state index contributed by atoms with van der Waals surface area (Å²) in [5.74, 6) is 0.756. The van der Waals surface area contributed by atoms with Gasteiger partial charge < -0.3 is 9.47 Å². The molecule has 4 nitrogen and oxygen atoms in total. The van der Waals surface area contributed by atoms with Gasteiger partial charge in [-0.2, -0.15) is 0 Å². The second kappa shape index (κ2) is 11.0. The molecule has 1 aromatic rings. The Bertz CT molecular complexity index is 556. The van der Waals surface area contributed by atoms with Crippen molar-refractivity contribution in [3.8, 4) is 5.75 Å². The maximum Gasteiger partial charge on any atom is 0.338 e. The van der Waals surface area contributed by atoms with Crippen LogP contribution >= 0.6 is 0 Å². The van der Waals surface area contributed by atoms with Gasteiger partial charge in [0.25, 0.3) is 0 Å². The quantitative estimate of drug-likeness (QED) is 0.322. The molecule has 1 fully saturated rings. The molecular formula is C22H32O4. The topological polar surface area (TPSA) is 52.6 Å². The zero-order valence-corrected chi connectivity index (χ0v) is 16.2. The first-order valence-electron chi connectivity index (χ1n) is 10.1. The summed E-state index contributed by atoms with van der Waals surface area (Å²) >= 11 is 0. The summed E-state index contributed by atoms with van der Waals surface area (Å²) in [5.41, 5.74) is 0.506. The molecular weight excluding hydrogens is 328 g/mol. The van der Waals surface area contributed by atoms with Crippen molar-refractivity contribution in [2.24, 2.45) is 5.92 Å². The minimum absolute atomic E-state index is 0.0340. The van der Waals surface area contributed by atoms with Gasteiger partial charge in [-0.3, -0.25) is 4.79 Å². The second-order valence-electron chi connectivity index (χ2n) is 7.29. The number of carbonyl (C=O) groups is 2. The highest BCUT2D eigenvalue weighted by atomic mass is 16.5. The Balaban J connectivity index is 1.77. The van der Waals surface area contributed by atoms with Crippen molar-refractivity contribution in [2.45, 2.75) is 84.2 Å². The third-order valence-electron chi connectivity index (χ3n) is 5.07. The molecule has 144 valence electrons. The molecule has 0 aliphatic heterocycles. The van der Waals surface area contributed by atoms with Crippen LogP contribution in [0.5, 0.6) is 5.75 Å². The Kier molecular flexibility index (Phi) is 8.66. The molecule has 1 aromatic carbocycles. The first-order chi connectivity index (χ1) is 12.6. The normalized spacial score (nSPS) is 19.8. The van der Waals surface area contributed by atoms with E-state index in [0.717, 1.165) is 50.9 Å². The van der Waals surface area contributed by atoms with E-state index in [-0.39, 0.29) is 18.0 Å². The number of benzene rings is 1. The lowest BCUT2D eigenvalue weighted by atomic mass is 9.85. The van der Waals surface area contributed by atoms with E-state index in [1.165, 1.54) is 12.8 Å². The van der Waals surface area contributed by atoms with Gasteiger partial charge in [0.05, 0.1) is 5.56 Å². The van der Waals surface area contributed by atoms with E-state index < -0.39 is 0 Å². The Hall–Kier alpha value is -1.84. The summed E-state index contributed by atoms with van der Waals surface area (Å²) in [6.07, 6.45) is 10.1. The van der Waals surface area contributed by atoms with E-state index in [1.54, 1.807) is 24.3 Å². The van der Waals surface area contributed by atoms with Crippen molar-refractivity contribution in [3.63, 3.8) is 0 Å². The van der Waals surface area contributed by atoms with Crippen LogP contribution in [-0.2, 0) is 9.53 Å². The van der Waals surface area contributed by atoms with E-state index >= 15 is 0 Å². The molecule has 1 aliphatic rings. The smallest absolute Gasteiger partial charge is 0.338 e. The molecule has 0 amide bonds. The largest absolute Gasteiger partial charge is 0.459 e. The van der Waals surface area contributed by atoms with E-state index in [9.17, 15) is 9.59 Å². The fraction of sp³-hybridized carbons (Fsp3) is 0.636. The Morgan fingerprint density at radius 1 is 0.962 bits per heavy atom. The predicted molar refractivity (Wildman–Crippen MR) is 102 cm³/mol. The molecule has 4 heteroatoms. The van der Waals surface area contributed by atoms with E-state index in [2.05, 4.69) is 13.8 Å². The molecule has 0 aromatic heterocycles. The van der Waals surface area contributed by atoms with Crippen molar-refractivity contribution in [2.75, 3.05) is 0 Å². The van der Waals surface area contributed by atoms with Crippen LogP contribution in [0.4, 0.5) is 0 Å². The monoisotopic (exact) mass is 360 g/mol. The van der Waals surface area contributed by atoms with Gasteiger partial charge in [-0.05, 0) is 62.3 Å². The molecule has 1 saturated carbocycles. The van der Waals surface area contributed by atoms with Crippen LogP contribution < -0.4 is 4.74 Å². The SMILES string of the molecule is CCCCCC(=O)Oc1ccc(C(=O)O[C@H]2CC[C@H](CCC)CC2)cc1. The molecule has 2 rings (SSSR count). The third-order valence-corrected chi connectivity index (χ3v) is 5.07. The summed E-state index contributed by atoms with van der Waals surface area (Å²) in [6, 6.07) is 6.65. The lowest BCUT2D eigenvalue weighted by molar-refractivity contribution is -0.134. The minimum Gasteiger partial charge on any atom is -0.459 e. The maximum absolute atomic E-state index is 12.3. The van der Waals surface area contributed by atoms with Crippen LogP contribution in [0.2, 0.25) is 0 Å². The highest BCUT2D eigenvalue weighted by Gasteiger charge is 2.23. The van der Waals surface area contributed by atoms with Crippen LogP contribution in [-0.4, -0.2) is 18.0 Å². The summed E-state index contributed by atoms with van der Waals surface area (Å²) in [4.78, 5) is 24.0. The van der Waals surface area contributed by atoms with Crippen molar-refractivity contribution < 1.29 is 19.1 Å². The van der Waals surface area contributed by atoms with E-state index in [4.69, 9.17) is 9.47 Å². The molecule has 0 saturated heterocycles. The number of esters is 2. The van der Waals surface area contributed by atoms with Crippen LogP contribution in [0, 0.1) is 5.92 Å². The van der Waals surface area contributed by atoms with Crippen LogP contribution in [0.1, 0.15) is 88.4 Å². The summed E-state index contributed by atoms with van der Waals surface area (Å²) in [5, 5.41) is 0. The maximum atomic E-state index is 12.3. The van der Waals surface area contributed by atoms with Crippen LogP contribution in [0.15, 0.2) is 24.3 Å². The lowest BCUT2D eigenvalue weighted by Crippen LogP contribution is -2.24. The summed E-state index contributed by atoms with van der Waals surface area (Å²) in [6.45, 7) is 4.32. The average molecular weight is 360 g/mol. The predicted octanol–water partition coefficient (Wildman–Crippen LogP) is 5.69. The number of rotatable bonds is 9. The molecule has 0 bridgehead atoms. The van der Waals surface area contributed by atoms with Gasteiger partial charge in [0.15, 0.2) is 0 Å². The van der Waals surface area contributed by atoms with Gasteiger partial charge in [0.2, 0.25) is 0 Å². The number of carbonyl (C=O) groups excluding carboxylic acids is 2. The fourth-order valence-electron chi connectivity index (χ4n) is 3.53. The molecule has 1 aliphatic carbocycles. The zero-order chi connectivity index (χ0) is 18.8. The molecule has 26 heavy (non-hydrogen) atoms. The average Bonchev–Trinajstić information content (AvgIpc) is 2.64. The molecule has 0 spiro atoms. The van der Waals surface area contributed by atoms with Crippen molar-refractivity contribution in [1.29, 1.82) is 0 Å². The highest BCUT2D eigenvalue weighted by Crippen LogP contribution is 2.29. The first kappa shape index (κ1) is 20.5. The van der Waals surface area contributed by atoms with Gasteiger partial charge in [0, 0.05) is 6.42 Å². The lowest BCUT2D eigenvalue weighted by Gasteiger charge is -2.28. The number of hydrogen-bond acceptors (Lipinski definition) is 4.